The van der Waals surface area contributed by atoms with Gasteiger partial charge in [-0.1, -0.05) is 11.6 Å². The van der Waals surface area contributed by atoms with Crippen LogP contribution in [-0.4, -0.2) is 40.0 Å². The maximum Gasteiger partial charge on any atom is 0.276 e. The minimum Gasteiger partial charge on any atom is -0.366 e. The Labute approximate surface area is 115 Å². The largest absolute Gasteiger partial charge is 0.366 e. The van der Waals surface area contributed by atoms with Crippen molar-refractivity contribution in [2.24, 2.45) is 0 Å². The zero-order valence-electron chi connectivity index (χ0n) is 10.4. The molecule has 2 aliphatic rings. The van der Waals surface area contributed by atoms with Crippen LogP contribution in [0.25, 0.3) is 0 Å². The SMILES string of the molecule is O=[N+]([O-])c1cc(Cl)nc(NC2CCN(C3CC3)C2)c1. The molecule has 1 unspecified atom stereocenters. The van der Waals surface area contributed by atoms with Crippen LogP contribution in [0.3, 0.4) is 0 Å². The van der Waals surface area contributed by atoms with Gasteiger partial charge in [-0.3, -0.25) is 15.0 Å². The molecule has 0 bridgehead atoms. The summed E-state index contributed by atoms with van der Waals surface area (Å²) in [5.41, 5.74) is -0.0282. The summed E-state index contributed by atoms with van der Waals surface area (Å²) in [5, 5.41) is 14.2. The third-order valence-electron chi connectivity index (χ3n) is 3.62. The van der Waals surface area contributed by atoms with E-state index in [0.29, 0.717) is 11.9 Å². The van der Waals surface area contributed by atoms with Crippen LogP contribution in [0.2, 0.25) is 5.15 Å². The van der Waals surface area contributed by atoms with E-state index in [9.17, 15) is 10.1 Å². The minimum atomic E-state index is -0.454. The Morgan fingerprint density at radius 1 is 1.42 bits per heavy atom. The van der Waals surface area contributed by atoms with E-state index in [1.807, 2.05) is 0 Å². The number of hydrogen-bond acceptors (Lipinski definition) is 5. The van der Waals surface area contributed by atoms with Crippen LogP contribution in [0.5, 0.6) is 0 Å². The molecular formula is C12H15ClN4O2. The molecule has 1 aromatic heterocycles. The molecule has 2 fully saturated rings. The van der Waals surface area contributed by atoms with Crippen molar-refractivity contribution in [2.45, 2.75) is 31.3 Å². The van der Waals surface area contributed by atoms with Crippen molar-refractivity contribution in [2.75, 3.05) is 18.4 Å². The number of pyridine rings is 1. The number of likely N-dealkylation sites (tertiary alicyclic amines) is 1. The molecule has 1 atom stereocenters. The predicted molar refractivity (Wildman–Crippen MR) is 72.5 cm³/mol. The molecule has 1 aliphatic carbocycles. The fourth-order valence-electron chi connectivity index (χ4n) is 2.55. The first-order valence-corrected chi connectivity index (χ1v) is 6.82. The quantitative estimate of drug-likeness (QED) is 0.521. The van der Waals surface area contributed by atoms with Crippen molar-refractivity contribution in [3.63, 3.8) is 0 Å². The molecule has 0 radical (unpaired) electrons. The van der Waals surface area contributed by atoms with Gasteiger partial charge in [0.2, 0.25) is 0 Å². The van der Waals surface area contributed by atoms with Crippen molar-refractivity contribution < 1.29 is 4.92 Å². The summed E-state index contributed by atoms with van der Waals surface area (Å²) in [4.78, 5) is 16.9. The van der Waals surface area contributed by atoms with Gasteiger partial charge in [0, 0.05) is 25.2 Å². The van der Waals surface area contributed by atoms with Crippen molar-refractivity contribution in [1.82, 2.24) is 9.88 Å². The number of nitrogens with one attached hydrogen (secondary N) is 1. The molecule has 6 nitrogen and oxygen atoms in total. The van der Waals surface area contributed by atoms with Gasteiger partial charge >= 0.3 is 0 Å². The Morgan fingerprint density at radius 2 is 2.21 bits per heavy atom. The van der Waals surface area contributed by atoms with Gasteiger partial charge in [-0.15, -0.1) is 0 Å². The smallest absolute Gasteiger partial charge is 0.276 e. The van der Waals surface area contributed by atoms with Gasteiger partial charge in [0.05, 0.1) is 17.1 Å². The van der Waals surface area contributed by atoms with Crippen LogP contribution >= 0.6 is 11.6 Å². The number of nitro groups is 1. The summed E-state index contributed by atoms with van der Waals surface area (Å²) in [7, 11) is 0. The van der Waals surface area contributed by atoms with Crippen LogP contribution in [0.1, 0.15) is 19.3 Å². The summed E-state index contributed by atoms with van der Waals surface area (Å²) in [6.07, 6.45) is 3.64. The zero-order valence-corrected chi connectivity index (χ0v) is 11.1. The van der Waals surface area contributed by atoms with Crippen LogP contribution in [0, 0.1) is 10.1 Å². The molecule has 1 aliphatic heterocycles. The van der Waals surface area contributed by atoms with Gasteiger partial charge in [-0.2, -0.15) is 0 Å². The van der Waals surface area contributed by atoms with E-state index in [-0.39, 0.29) is 10.8 Å². The first-order valence-electron chi connectivity index (χ1n) is 6.44. The van der Waals surface area contributed by atoms with Gasteiger partial charge in [-0.25, -0.2) is 4.98 Å². The number of halogens is 1. The standard InChI is InChI=1S/C12H15ClN4O2/c13-11-5-10(17(18)19)6-12(15-11)14-8-3-4-16(7-8)9-1-2-9/h5-6,8-9H,1-4,7H2,(H,14,15). The van der Waals surface area contributed by atoms with Crippen molar-refractivity contribution in [3.8, 4) is 0 Å². The Kier molecular flexibility index (Phi) is 3.28. The van der Waals surface area contributed by atoms with Crippen molar-refractivity contribution >= 4 is 23.1 Å². The first-order chi connectivity index (χ1) is 9.11. The summed E-state index contributed by atoms with van der Waals surface area (Å²) in [6.45, 7) is 2.07. The van der Waals surface area contributed by atoms with Crippen LogP contribution in [0.15, 0.2) is 12.1 Å². The van der Waals surface area contributed by atoms with E-state index < -0.39 is 4.92 Å². The second kappa shape index (κ2) is 4.94. The fraction of sp³-hybridized carbons (Fsp3) is 0.583. The van der Waals surface area contributed by atoms with E-state index in [2.05, 4.69) is 15.2 Å². The van der Waals surface area contributed by atoms with E-state index in [1.165, 1.54) is 25.0 Å². The highest BCUT2D eigenvalue weighted by Gasteiger charge is 2.34. The highest BCUT2D eigenvalue weighted by molar-refractivity contribution is 6.29. The van der Waals surface area contributed by atoms with Gasteiger partial charge in [-0.05, 0) is 19.3 Å². The van der Waals surface area contributed by atoms with Crippen molar-refractivity contribution in [1.29, 1.82) is 0 Å². The number of rotatable bonds is 4. The molecular weight excluding hydrogens is 268 g/mol. The molecule has 3 rings (SSSR count). The topological polar surface area (TPSA) is 71.3 Å². The highest BCUT2D eigenvalue weighted by atomic mass is 35.5. The van der Waals surface area contributed by atoms with E-state index in [1.54, 1.807) is 0 Å². The lowest BCUT2D eigenvalue weighted by molar-refractivity contribution is -0.384. The average molecular weight is 283 g/mol. The minimum absolute atomic E-state index is 0.0282. The second-order valence-corrected chi connectivity index (χ2v) is 5.53. The highest BCUT2D eigenvalue weighted by Crippen LogP contribution is 2.31. The first kappa shape index (κ1) is 12.6. The normalized spacial score (nSPS) is 23.5. The molecule has 2 heterocycles. The number of anilines is 1. The number of hydrogen-bond donors (Lipinski definition) is 1. The molecule has 102 valence electrons. The van der Waals surface area contributed by atoms with Crippen LogP contribution in [-0.2, 0) is 0 Å². The Hall–Kier alpha value is -1.40. The van der Waals surface area contributed by atoms with E-state index in [4.69, 9.17) is 11.6 Å². The lowest BCUT2D eigenvalue weighted by Crippen LogP contribution is -2.28. The van der Waals surface area contributed by atoms with Gasteiger partial charge in [0.1, 0.15) is 11.0 Å². The summed E-state index contributed by atoms with van der Waals surface area (Å²) in [6, 6.07) is 3.75. The molecule has 1 aromatic rings. The molecule has 0 aromatic carbocycles. The Morgan fingerprint density at radius 3 is 2.89 bits per heavy atom. The van der Waals surface area contributed by atoms with Crippen molar-refractivity contribution in [3.05, 3.63) is 27.4 Å². The summed E-state index contributed by atoms with van der Waals surface area (Å²) in [5.74, 6) is 0.488. The lowest BCUT2D eigenvalue weighted by atomic mass is 10.2. The lowest BCUT2D eigenvalue weighted by Gasteiger charge is -2.16. The maximum atomic E-state index is 10.8. The predicted octanol–water partition coefficient (Wildman–Crippen LogP) is 2.29. The zero-order chi connectivity index (χ0) is 13.4. The fourth-order valence-corrected chi connectivity index (χ4v) is 2.75. The molecule has 0 amide bonds. The Balaban J connectivity index is 1.67. The monoisotopic (exact) mass is 282 g/mol. The van der Waals surface area contributed by atoms with E-state index >= 15 is 0 Å². The molecule has 19 heavy (non-hydrogen) atoms. The van der Waals surface area contributed by atoms with E-state index in [0.717, 1.165) is 25.6 Å². The van der Waals surface area contributed by atoms with Gasteiger partial charge in [0.15, 0.2) is 0 Å². The molecule has 1 saturated heterocycles. The molecule has 1 N–H and O–H groups in total. The third-order valence-corrected chi connectivity index (χ3v) is 3.82. The second-order valence-electron chi connectivity index (χ2n) is 5.15. The summed E-state index contributed by atoms with van der Waals surface area (Å²) < 4.78 is 0. The summed E-state index contributed by atoms with van der Waals surface area (Å²) >= 11 is 5.80. The van der Waals surface area contributed by atoms with Gasteiger partial charge in [0.25, 0.3) is 5.69 Å². The number of aromatic nitrogens is 1. The number of nitrogens with zero attached hydrogens (tertiary/aromatic N) is 3. The molecule has 7 heteroatoms. The maximum absolute atomic E-state index is 10.8. The average Bonchev–Trinajstić information content (AvgIpc) is 3.10. The Bertz CT molecular complexity index is 507. The van der Waals surface area contributed by atoms with Crippen LogP contribution in [0.4, 0.5) is 11.5 Å². The van der Waals surface area contributed by atoms with Gasteiger partial charge < -0.3 is 5.32 Å². The molecule has 1 saturated carbocycles. The third kappa shape index (κ3) is 2.96. The van der Waals surface area contributed by atoms with Crippen LogP contribution < -0.4 is 5.32 Å². The molecule has 0 spiro atoms.